The quantitative estimate of drug-likeness (QED) is 0.452. The van der Waals surface area contributed by atoms with Crippen molar-refractivity contribution in [2.24, 2.45) is 5.92 Å². The summed E-state index contributed by atoms with van der Waals surface area (Å²) in [7, 11) is 1.13. The Morgan fingerprint density at radius 3 is 2.41 bits per heavy atom. The first-order valence-corrected chi connectivity index (χ1v) is 12.9. The molecule has 2 aliphatic heterocycles. The van der Waals surface area contributed by atoms with Gasteiger partial charge in [-0.3, -0.25) is 4.79 Å². The molecule has 0 bridgehead atoms. The normalized spacial score (nSPS) is 22.5. The van der Waals surface area contributed by atoms with E-state index in [2.05, 4.69) is 12.0 Å². The van der Waals surface area contributed by atoms with Crippen LogP contribution in [0.3, 0.4) is 0 Å². The highest BCUT2D eigenvalue weighted by atomic mass is 16.7. The predicted molar refractivity (Wildman–Crippen MR) is 142 cm³/mol. The lowest BCUT2D eigenvalue weighted by Gasteiger charge is -2.32. The second-order valence-corrected chi connectivity index (χ2v) is 11.2. The number of carbonyl (C=O) groups excluding carboxylic acids is 1. The van der Waals surface area contributed by atoms with E-state index < -0.39 is 18.3 Å². The summed E-state index contributed by atoms with van der Waals surface area (Å²) in [6.45, 7) is 12.9. The minimum atomic E-state index is -0.523. The molecule has 5 rings (SSSR count). The highest BCUT2D eigenvalue weighted by Crippen LogP contribution is 2.37. The predicted octanol–water partition coefficient (Wildman–Crippen LogP) is 4.02. The maximum absolute atomic E-state index is 13.0. The van der Waals surface area contributed by atoms with E-state index in [1.165, 1.54) is 0 Å². The Morgan fingerprint density at radius 2 is 1.76 bits per heavy atom. The Labute approximate surface area is 219 Å². The molecule has 2 fully saturated rings. The lowest BCUT2D eigenvalue weighted by Crippen LogP contribution is -2.41. The number of benzene rings is 1. The average Bonchev–Trinajstić information content (AvgIpc) is 3.54. The van der Waals surface area contributed by atoms with Crippen LogP contribution in [0.15, 0.2) is 48.8 Å². The Morgan fingerprint density at radius 1 is 1.08 bits per heavy atom. The summed E-state index contributed by atoms with van der Waals surface area (Å²) in [5.74, 6) is 1.71. The van der Waals surface area contributed by atoms with E-state index in [0.29, 0.717) is 18.7 Å². The van der Waals surface area contributed by atoms with Crippen LogP contribution >= 0.6 is 0 Å². The summed E-state index contributed by atoms with van der Waals surface area (Å²) in [6, 6.07) is 11.8. The minimum Gasteiger partial charge on any atom is -0.497 e. The number of amides is 1. The zero-order valence-electron chi connectivity index (χ0n) is 22.7. The van der Waals surface area contributed by atoms with Gasteiger partial charge < -0.3 is 23.7 Å². The first-order chi connectivity index (χ1) is 17.5. The zero-order valence-corrected chi connectivity index (χ0v) is 22.7. The van der Waals surface area contributed by atoms with Gasteiger partial charge in [-0.15, -0.1) is 0 Å². The molecule has 3 atom stereocenters. The van der Waals surface area contributed by atoms with Crippen molar-refractivity contribution in [1.82, 2.24) is 14.5 Å². The third-order valence-corrected chi connectivity index (χ3v) is 8.25. The third-order valence-electron chi connectivity index (χ3n) is 8.25. The van der Waals surface area contributed by atoms with Crippen LogP contribution in [0.2, 0.25) is 0 Å². The van der Waals surface area contributed by atoms with Crippen molar-refractivity contribution in [3.05, 3.63) is 54.4 Å². The summed E-state index contributed by atoms with van der Waals surface area (Å²) in [4.78, 5) is 14.9. The maximum Gasteiger partial charge on any atom is 0.496 e. The molecule has 1 amide bonds. The molecule has 8 nitrogen and oxygen atoms in total. The van der Waals surface area contributed by atoms with E-state index >= 15 is 0 Å². The molecule has 3 unspecified atom stereocenters. The van der Waals surface area contributed by atoms with Gasteiger partial charge in [0, 0.05) is 30.5 Å². The smallest absolute Gasteiger partial charge is 0.496 e. The van der Waals surface area contributed by atoms with Crippen molar-refractivity contribution in [1.29, 1.82) is 0 Å². The van der Waals surface area contributed by atoms with Crippen molar-refractivity contribution in [3.63, 3.8) is 0 Å². The highest BCUT2D eigenvalue weighted by molar-refractivity contribution is 6.62. The van der Waals surface area contributed by atoms with E-state index in [0.717, 1.165) is 22.3 Å². The molecule has 2 aromatic heterocycles. The summed E-state index contributed by atoms with van der Waals surface area (Å²) in [5, 5.41) is 4.44. The summed E-state index contributed by atoms with van der Waals surface area (Å²) in [6.07, 6.45) is 3.95. The number of hydrogen-bond acceptors (Lipinski definition) is 6. The van der Waals surface area contributed by atoms with Crippen LogP contribution < -0.4 is 14.9 Å². The largest absolute Gasteiger partial charge is 0.497 e. The second-order valence-electron chi connectivity index (χ2n) is 11.2. The Bertz CT molecular complexity index is 1270. The van der Waals surface area contributed by atoms with Crippen LogP contribution in [0.25, 0.3) is 5.52 Å². The van der Waals surface area contributed by atoms with Crippen molar-refractivity contribution in [2.45, 2.75) is 71.3 Å². The van der Waals surface area contributed by atoms with E-state index in [4.69, 9.17) is 18.8 Å². The molecule has 0 N–H and O–H groups in total. The van der Waals surface area contributed by atoms with Gasteiger partial charge in [-0.2, -0.15) is 5.10 Å². The molecular weight excluding hydrogens is 469 g/mol. The van der Waals surface area contributed by atoms with E-state index in [-0.39, 0.29) is 24.0 Å². The summed E-state index contributed by atoms with van der Waals surface area (Å²) >= 11 is 0. The van der Waals surface area contributed by atoms with Crippen LogP contribution in [-0.4, -0.2) is 58.5 Å². The first-order valence-electron chi connectivity index (χ1n) is 12.9. The number of pyridine rings is 1. The highest BCUT2D eigenvalue weighted by Gasteiger charge is 2.52. The van der Waals surface area contributed by atoms with Gasteiger partial charge in [-0.1, -0.05) is 12.1 Å². The van der Waals surface area contributed by atoms with Crippen LogP contribution in [0, 0.1) is 5.92 Å². The number of fused-ring (bicyclic) bond motifs is 1. The van der Waals surface area contributed by atoms with Gasteiger partial charge in [0.05, 0.1) is 30.6 Å². The molecule has 1 aromatic carbocycles. The van der Waals surface area contributed by atoms with Crippen LogP contribution in [0.5, 0.6) is 11.5 Å². The fourth-order valence-corrected chi connectivity index (χ4v) is 5.03. The number of carbonyl (C=O) groups is 1. The topological polar surface area (TPSA) is 74.5 Å². The van der Waals surface area contributed by atoms with Crippen LogP contribution in [-0.2, 0) is 14.1 Å². The molecule has 196 valence electrons. The van der Waals surface area contributed by atoms with Crippen molar-refractivity contribution < 1.29 is 23.6 Å². The number of nitrogens with zero attached hydrogens (tertiary/aromatic N) is 3. The molecule has 4 heterocycles. The Hall–Kier alpha value is -3.04. The van der Waals surface area contributed by atoms with Crippen LogP contribution in [0.4, 0.5) is 0 Å². The summed E-state index contributed by atoms with van der Waals surface area (Å²) < 4.78 is 26.1. The molecule has 2 saturated heterocycles. The third kappa shape index (κ3) is 4.70. The number of hydrogen-bond donors (Lipinski definition) is 0. The van der Waals surface area contributed by atoms with Crippen molar-refractivity contribution in [3.8, 4) is 11.5 Å². The molecule has 0 radical (unpaired) electrons. The van der Waals surface area contributed by atoms with E-state index in [9.17, 15) is 4.79 Å². The number of rotatable bonds is 7. The van der Waals surface area contributed by atoms with Gasteiger partial charge in [-0.05, 0) is 71.4 Å². The molecule has 0 spiro atoms. The van der Waals surface area contributed by atoms with Crippen molar-refractivity contribution >= 4 is 24.0 Å². The van der Waals surface area contributed by atoms with Crippen LogP contribution in [0.1, 0.15) is 59.6 Å². The minimum absolute atomic E-state index is 0.0242. The maximum atomic E-state index is 13.0. The molecular formula is C28H36BN3O5. The molecule has 37 heavy (non-hydrogen) atoms. The second kappa shape index (κ2) is 9.37. The van der Waals surface area contributed by atoms with Gasteiger partial charge >= 0.3 is 7.12 Å². The fraction of sp³-hybridized carbons (Fsp3) is 0.500. The van der Waals surface area contributed by atoms with Gasteiger partial charge in [0.15, 0.2) is 0 Å². The van der Waals surface area contributed by atoms with E-state index in [1.54, 1.807) is 17.8 Å². The number of ether oxygens (including phenoxy) is 2. The standard InChI is InChI=1S/C28H36BN3O5/c1-18(20-8-10-23(34-7)11-9-20)31-16-21(14-26(31)33)19(2)35-25-15-22(17-32-24(25)12-13-30-32)29-36-27(3,4)28(5,6)37-29/h8-13,15,17-19,21H,14,16H2,1-7H3. The Kier molecular flexibility index (Phi) is 6.48. The van der Waals surface area contributed by atoms with E-state index in [1.807, 2.05) is 82.1 Å². The lowest BCUT2D eigenvalue weighted by atomic mass is 9.80. The van der Waals surface area contributed by atoms with Gasteiger partial charge in [0.2, 0.25) is 5.91 Å². The SMILES string of the molecule is COc1ccc(C(C)N2CC(C(C)Oc3cc(B4OC(C)(C)C(C)(C)O4)cn4nccc34)CC2=O)cc1. The molecule has 3 aromatic rings. The summed E-state index contributed by atoms with van der Waals surface area (Å²) in [5.41, 5.74) is 1.90. The van der Waals surface area contributed by atoms with Gasteiger partial charge in [0.1, 0.15) is 23.1 Å². The molecule has 0 saturated carbocycles. The average molecular weight is 505 g/mol. The fourth-order valence-electron chi connectivity index (χ4n) is 5.03. The van der Waals surface area contributed by atoms with Crippen molar-refractivity contribution in [2.75, 3.05) is 13.7 Å². The van der Waals surface area contributed by atoms with Gasteiger partial charge in [-0.25, -0.2) is 4.52 Å². The molecule has 0 aliphatic carbocycles. The lowest BCUT2D eigenvalue weighted by molar-refractivity contribution is -0.129. The monoisotopic (exact) mass is 505 g/mol. The van der Waals surface area contributed by atoms with Gasteiger partial charge in [0.25, 0.3) is 0 Å². The molecule has 2 aliphatic rings. The molecule has 9 heteroatoms. The Balaban J connectivity index is 1.33. The number of likely N-dealkylation sites (tertiary alicyclic amines) is 1. The first kappa shape index (κ1) is 25.6. The zero-order chi connectivity index (χ0) is 26.5. The number of aromatic nitrogens is 2. The number of methoxy groups -OCH3 is 1.